The SMILES string of the molecule is Cc1nn(C)c(N2CCCCCC2C)c1C(N)=S. The normalized spacial score (nSPS) is 20.8. The molecule has 0 saturated carbocycles. The first kappa shape index (κ1) is 13.3. The zero-order valence-corrected chi connectivity index (χ0v) is 12.3. The van der Waals surface area contributed by atoms with Crippen molar-refractivity contribution in [3.8, 4) is 0 Å². The van der Waals surface area contributed by atoms with Crippen LogP contribution in [0.3, 0.4) is 0 Å². The Kier molecular flexibility index (Phi) is 3.90. The third kappa shape index (κ3) is 2.36. The molecule has 0 aromatic carbocycles. The van der Waals surface area contributed by atoms with Crippen molar-refractivity contribution >= 4 is 23.0 Å². The van der Waals surface area contributed by atoms with Gasteiger partial charge in [0.05, 0.1) is 11.3 Å². The Morgan fingerprint density at radius 2 is 2.11 bits per heavy atom. The van der Waals surface area contributed by atoms with E-state index in [0.717, 1.165) is 23.6 Å². The molecular formula is C13H22N4S. The van der Waals surface area contributed by atoms with E-state index in [-0.39, 0.29) is 0 Å². The van der Waals surface area contributed by atoms with Gasteiger partial charge in [0.2, 0.25) is 0 Å². The third-order valence-corrected chi connectivity index (χ3v) is 3.97. The predicted molar refractivity (Wildman–Crippen MR) is 79.1 cm³/mol. The van der Waals surface area contributed by atoms with E-state index in [1.807, 2.05) is 18.7 Å². The van der Waals surface area contributed by atoms with Gasteiger partial charge in [-0.15, -0.1) is 0 Å². The molecule has 4 nitrogen and oxygen atoms in total. The maximum absolute atomic E-state index is 5.87. The van der Waals surface area contributed by atoms with Gasteiger partial charge in [-0.05, 0) is 26.7 Å². The Morgan fingerprint density at radius 1 is 1.39 bits per heavy atom. The van der Waals surface area contributed by atoms with Crippen LogP contribution >= 0.6 is 12.2 Å². The molecule has 0 aliphatic carbocycles. The minimum Gasteiger partial charge on any atom is -0.389 e. The quantitative estimate of drug-likeness (QED) is 0.833. The summed E-state index contributed by atoms with van der Waals surface area (Å²) in [5.74, 6) is 1.09. The fourth-order valence-electron chi connectivity index (χ4n) is 2.85. The van der Waals surface area contributed by atoms with Gasteiger partial charge in [-0.3, -0.25) is 4.68 Å². The summed E-state index contributed by atoms with van der Waals surface area (Å²) in [6.45, 7) is 5.31. The van der Waals surface area contributed by atoms with Crippen LogP contribution in [0.1, 0.15) is 43.9 Å². The zero-order chi connectivity index (χ0) is 13.3. The lowest BCUT2D eigenvalue weighted by molar-refractivity contribution is 0.593. The number of nitrogens with zero attached hydrogens (tertiary/aromatic N) is 3. The molecule has 1 atom stereocenters. The first-order chi connectivity index (χ1) is 8.52. The zero-order valence-electron chi connectivity index (χ0n) is 11.4. The molecule has 1 unspecified atom stereocenters. The molecule has 1 aromatic heterocycles. The largest absolute Gasteiger partial charge is 0.389 e. The topological polar surface area (TPSA) is 47.1 Å². The van der Waals surface area contributed by atoms with Crippen molar-refractivity contribution in [2.45, 2.75) is 45.6 Å². The Hall–Kier alpha value is -1.10. The molecule has 1 saturated heterocycles. The number of rotatable bonds is 2. The molecule has 0 spiro atoms. The molecule has 1 aliphatic heterocycles. The number of nitrogens with two attached hydrogens (primary N) is 1. The van der Waals surface area contributed by atoms with Gasteiger partial charge in [0, 0.05) is 19.6 Å². The van der Waals surface area contributed by atoms with Crippen LogP contribution in [0.4, 0.5) is 5.82 Å². The van der Waals surface area contributed by atoms with Crippen LogP contribution in [0.15, 0.2) is 0 Å². The summed E-state index contributed by atoms with van der Waals surface area (Å²) < 4.78 is 1.92. The summed E-state index contributed by atoms with van der Waals surface area (Å²) in [6.07, 6.45) is 5.06. The van der Waals surface area contributed by atoms with E-state index < -0.39 is 0 Å². The fourth-order valence-corrected chi connectivity index (χ4v) is 3.09. The van der Waals surface area contributed by atoms with Crippen LogP contribution in [0.2, 0.25) is 0 Å². The first-order valence-electron chi connectivity index (χ1n) is 6.62. The number of hydrogen-bond donors (Lipinski definition) is 1. The van der Waals surface area contributed by atoms with E-state index in [2.05, 4.69) is 16.9 Å². The van der Waals surface area contributed by atoms with Crippen LogP contribution in [-0.2, 0) is 7.05 Å². The Bertz CT molecular complexity index is 452. The van der Waals surface area contributed by atoms with Crippen molar-refractivity contribution in [3.63, 3.8) is 0 Å². The maximum Gasteiger partial charge on any atom is 0.137 e. The van der Waals surface area contributed by atoms with Gasteiger partial charge in [-0.2, -0.15) is 5.10 Å². The summed E-state index contributed by atoms with van der Waals surface area (Å²) in [7, 11) is 1.97. The Balaban J connectivity index is 2.45. The lowest BCUT2D eigenvalue weighted by Crippen LogP contribution is -2.35. The number of aryl methyl sites for hydroxylation is 2. The third-order valence-electron chi connectivity index (χ3n) is 3.76. The van der Waals surface area contributed by atoms with Crippen molar-refractivity contribution in [2.75, 3.05) is 11.4 Å². The highest BCUT2D eigenvalue weighted by Crippen LogP contribution is 2.28. The minimum atomic E-state index is 0.451. The van der Waals surface area contributed by atoms with Gasteiger partial charge in [0.1, 0.15) is 10.8 Å². The van der Waals surface area contributed by atoms with Gasteiger partial charge < -0.3 is 10.6 Å². The highest BCUT2D eigenvalue weighted by molar-refractivity contribution is 7.80. The molecule has 2 heterocycles. The fraction of sp³-hybridized carbons (Fsp3) is 0.692. The second-order valence-corrected chi connectivity index (χ2v) is 5.60. The van der Waals surface area contributed by atoms with Gasteiger partial charge in [-0.1, -0.05) is 25.1 Å². The van der Waals surface area contributed by atoms with E-state index in [9.17, 15) is 0 Å². The summed E-state index contributed by atoms with van der Waals surface area (Å²) >= 11 is 5.19. The molecule has 1 aromatic rings. The second kappa shape index (κ2) is 5.26. The highest BCUT2D eigenvalue weighted by atomic mass is 32.1. The van der Waals surface area contributed by atoms with Gasteiger partial charge in [0.25, 0.3) is 0 Å². The molecule has 100 valence electrons. The van der Waals surface area contributed by atoms with E-state index in [0.29, 0.717) is 11.0 Å². The highest BCUT2D eigenvalue weighted by Gasteiger charge is 2.25. The average Bonchev–Trinajstić information content (AvgIpc) is 2.46. The molecular weight excluding hydrogens is 244 g/mol. The van der Waals surface area contributed by atoms with Crippen molar-refractivity contribution in [1.82, 2.24) is 9.78 Å². The van der Waals surface area contributed by atoms with Crippen LogP contribution in [0.5, 0.6) is 0 Å². The molecule has 1 aliphatic rings. The smallest absolute Gasteiger partial charge is 0.137 e. The monoisotopic (exact) mass is 266 g/mol. The van der Waals surface area contributed by atoms with Gasteiger partial charge in [0.15, 0.2) is 0 Å². The van der Waals surface area contributed by atoms with E-state index in [1.165, 1.54) is 25.7 Å². The van der Waals surface area contributed by atoms with Crippen LogP contribution in [0.25, 0.3) is 0 Å². The van der Waals surface area contributed by atoms with E-state index >= 15 is 0 Å². The first-order valence-corrected chi connectivity index (χ1v) is 7.03. The molecule has 5 heteroatoms. The summed E-state index contributed by atoms with van der Waals surface area (Å²) in [6, 6.07) is 0.524. The maximum atomic E-state index is 5.87. The molecule has 0 amide bonds. The van der Waals surface area contributed by atoms with Crippen molar-refractivity contribution in [2.24, 2.45) is 12.8 Å². The molecule has 0 radical (unpaired) electrons. The average molecular weight is 266 g/mol. The van der Waals surface area contributed by atoms with Crippen molar-refractivity contribution < 1.29 is 0 Å². The van der Waals surface area contributed by atoms with E-state index in [4.69, 9.17) is 18.0 Å². The molecule has 0 bridgehead atoms. The van der Waals surface area contributed by atoms with Crippen LogP contribution < -0.4 is 10.6 Å². The molecule has 18 heavy (non-hydrogen) atoms. The summed E-state index contributed by atoms with van der Waals surface area (Å²) in [5.41, 5.74) is 7.74. The van der Waals surface area contributed by atoms with Crippen LogP contribution in [-0.4, -0.2) is 27.4 Å². The minimum absolute atomic E-state index is 0.451. The standard InChI is InChI=1S/C13H22N4S/c1-9-7-5-4-6-8-17(9)13-11(12(14)18)10(2)15-16(13)3/h9H,4-8H2,1-3H3,(H2,14,18). The predicted octanol–water partition coefficient (Wildman–Crippen LogP) is 2.13. The number of aromatic nitrogens is 2. The van der Waals surface area contributed by atoms with E-state index in [1.54, 1.807) is 0 Å². The van der Waals surface area contributed by atoms with Gasteiger partial charge >= 0.3 is 0 Å². The van der Waals surface area contributed by atoms with Crippen molar-refractivity contribution in [3.05, 3.63) is 11.3 Å². The lowest BCUT2D eigenvalue weighted by atomic mass is 10.1. The lowest BCUT2D eigenvalue weighted by Gasteiger charge is -2.30. The number of thiocarbonyl (C=S) groups is 1. The van der Waals surface area contributed by atoms with Crippen LogP contribution in [0, 0.1) is 6.92 Å². The molecule has 1 fully saturated rings. The summed E-state index contributed by atoms with van der Waals surface area (Å²) in [4.78, 5) is 2.87. The Morgan fingerprint density at radius 3 is 2.78 bits per heavy atom. The number of anilines is 1. The Labute approximate surface area is 114 Å². The second-order valence-electron chi connectivity index (χ2n) is 5.16. The van der Waals surface area contributed by atoms with Crippen molar-refractivity contribution in [1.29, 1.82) is 0 Å². The molecule has 2 rings (SSSR count). The number of hydrogen-bond acceptors (Lipinski definition) is 3. The van der Waals surface area contributed by atoms with Gasteiger partial charge in [-0.25, -0.2) is 0 Å². The molecule has 2 N–H and O–H groups in total. The summed E-state index contributed by atoms with van der Waals surface area (Å²) in [5, 5.41) is 4.48.